The number of benzene rings is 1. The smallest absolute Gasteiger partial charge is 0.418 e. The van der Waals surface area contributed by atoms with E-state index < -0.39 is 46.5 Å². The van der Waals surface area contributed by atoms with Crippen molar-refractivity contribution in [3.8, 4) is 0 Å². The molecule has 3 aromatic rings. The molecule has 0 bridgehead atoms. The van der Waals surface area contributed by atoms with Crippen molar-refractivity contribution >= 4 is 44.8 Å². The van der Waals surface area contributed by atoms with Crippen molar-refractivity contribution in [3.05, 3.63) is 62.0 Å². The summed E-state index contributed by atoms with van der Waals surface area (Å²) in [6, 6.07) is 3.42. The van der Waals surface area contributed by atoms with Gasteiger partial charge in [0.2, 0.25) is 0 Å². The zero-order valence-corrected chi connectivity index (χ0v) is 16.7. The number of rotatable bonds is 7. The molecule has 0 aliphatic heterocycles. The van der Waals surface area contributed by atoms with E-state index >= 15 is 0 Å². The number of ether oxygens (including phenoxy) is 1. The van der Waals surface area contributed by atoms with Crippen LogP contribution in [0.15, 0.2) is 40.8 Å². The number of aryl methyl sites for hydroxylation is 1. The number of fused-ring (bicyclic) bond motifs is 1. The van der Waals surface area contributed by atoms with Crippen molar-refractivity contribution in [1.29, 1.82) is 0 Å². The topological polar surface area (TPSA) is 133 Å². The van der Waals surface area contributed by atoms with Crippen molar-refractivity contribution in [1.82, 2.24) is 9.55 Å². The summed E-state index contributed by atoms with van der Waals surface area (Å²) >= 11 is 1.29. The van der Waals surface area contributed by atoms with Gasteiger partial charge in [-0.3, -0.25) is 29.1 Å². The van der Waals surface area contributed by atoms with Crippen LogP contribution in [0.2, 0.25) is 0 Å². The summed E-state index contributed by atoms with van der Waals surface area (Å²) in [5, 5.41) is 14.7. The van der Waals surface area contributed by atoms with Crippen molar-refractivity contribution in [2.24, 2.45) is 0 Å². The fraction of sp³-hybridized carbons (Fsp3) is 0.222. The van der Waals surface area contributed by atoms with E-state index in [9.17, 15) is 37.7 Å². The van der Waals surface area contributed by atoms with Gasteiger partial charge in [0.15, 0.2) is 6.61 Å². The van der Waals surface area contributed by atoms with Gasteiger partial charge in [0.25, 0.3) is 17.2 Å². The Hall–Kier alpha value is -3.81. The van der Waals surface area contributed by atoms with Gasteiger partial charge in [-0.15, -0.1) is 11.3 Å². The van der Waals surface area contributed by atoms with E-state index in [1.807, 2.05) is 5.32 Å². The van der Waals surface area contributed by atoms with Gasteiger partial charge in [-0.2, -0.15) is 13.2 Å². The third-order valence-electron chi connectivity index (χ3n) is 4.16. The lowest BCUT2D eigenvalue weighted by Gasteiger charge is -2.13. The largest absolute Gasteiger partial charge is 0.456 e. The van der Waals surface area contributed by atoms with Gasteiger partial charge in [-0.05, 0) is 17.5 Å². The molecule has 14 heteroatoms. The summed E-state index contributed by atoms with van der Waals surface area (Å²) in [5.74, 6) is -1.94. The lowest BCUT2D eigenvalue weighted by atomic mass is 10.1. The first-order valence-electron chi connectivity index (χ1n) is 8.80. The lowest BCUT2D eigenvalue weighted by Crippen LogP contribution is -2.25. The molecular weight excluding hydrogens is 457 g/mol. The molecule has 0 radical (unpaired) electrons. The van der Waals surface area contributed by atoms with Gasteiger partial charge in [0.05, 0.1) is 34.3 Å². The number of esters is 1. The average Bonchev–Trinajstić information content (AvgIpc) is 3.21. The predicted molar refractivity (Wildman–Crippen MR) is 106 cm³/mol. The van der Waals surface area contributed by atoms with Crippen LogP contribution in [0.4, 0.5) is 24.5 Å². The minimum atomic E-state index is -4.96. The van der Waals surface area contributed by atoms with Crippen LogP contribution in [0.1, 0.15) is 12.0 Å². The van der Waals surface area contributed by atoms with Gasteiger partial charge >= 0.3 is 12.1 Å². The Bertz CT molecular complexity index is 1250. The molecule has 3 rings (SSSR count). The lowest BCUT2D eigenvalue weighted by molar-refractivity contribution is -0.385. The van der Waals surface area contributed by atoms with Crippen LogP contribution in [0, 0.1) is 10.1 Å². The number of amides is 1. The van der Waals surface area contributed by atoms with Crippen LogP contribution in [0.3, 0.4) is 0 Å². The number of nitro benzene ring substituents is 1. The highest BCUT2D eigenvalue weighted by Crippen LogP contribution is 2.37. The van der Waals surface area contributed by atoms with E-state index in [4.69, 9.17) is 4.74 Å². The molecule has 1 aromatic carbocycles. The molecule has 10 nitrogen and oxygen atoms in total. The normalized spacial score (nSPS) is 11.3. The number of carbonyl (C=O) groups excluding carboxylic acids is 2. The Morgan fingerprint density at radius 2 is 2.03 bits per heavy atom. The van der Waals surface area contributed by atoms with Crippen LogP contribution in [0.25, 0.3) is 10.2 Å². The number of nitrogens with one attached hydrogen (secondary N) is 1. The highest BCUT2D eigenvalue weighted by Gasteiger charge is 2.35. The Kier molecular flexibility index (Phi) is 6.53. The molecule has 0 saturated heterocycles. The van der Waals surface area contributed by atoms with E-state index in [0.29, 0.717) is 10.2 Å². The maximum absolute atomic E-state index is 13.1. The van der Waals surface area contributed by atoms with Gasteiger partial charge in [0.1, 0.15) is 4.83 Å². The number of non-ortho nitro benzene ring substituents is 1. The number of nitrogens with zero attached hydrogens (tertiary/aromatic N) is 3. The van der Waals surface area contributed by atoms with E-state index in [-0.39, 0.29) is 24.6 Å². The van der Waals surface area contributed by atoms with E-state index in [0.717, 1.165) is 12.1 Å². The Labute approximate surface area is 180 Å². The Balaban J connectivity index is 1.57. The molecule has 0 aliphatic rings. The summed E-state index contributed by atoms with van der Waals surface area (Å²) in [5.41, 5.74) is -3.28. The summed E-state index contributed by atoms with van der Waals surface area (Å²) in [6.07, 6.45) is -3.97. The quantitative estimate of drug-likeness (QED) is 0.319. The third kappa shape index (κ3) is 5.26. The monoisotopic (exact) mass is 470 g/mol. The zero-order valence-electron chi connectivity index (χ0n) is 15.9. The number of halogens is 3. The number of nitro groups is 1. The molecular formula is C18H13F3N4O6S. The minimum Gasteiger partial charge on any atom is -0.456 e. The third-order valence-corrected chi connectivity index (χ3v) is 4.99. The Morgan fingerprint density at radius 3 is 2.72 bits per heavy atom. The fourth-order valence-corrected chi connectivity index (χ4v) is 3.38. The van der Waals surface area contributed by atoms with Crippen LogP contribution in [-0.4, -0.2) is 33.0 Å². The molecule has 0 spiro atoms. The van der Waals surface area contributed by atoms with Crippen LogP contribution >= 0.6 is 11.3 Å². The number of aromatic nitrogens is 2. The molecule has 1 N–H and O–H groups in total. The molecule has 32 heavy (non-hydrogen) atoms. The number of thiophene rings is 1. The molecule has 0 aliphatic carbocycles. The average molecular weight is 470 g/mol. The summed E-state index contributed by atoms with van der Waals surface area (Å²) < 4.78 is 45.3. The van der Waals surface area contributed by atoms with Gasteiger partial charge < -0.3 is 10.1 Å². The van der Waals surface area contributed by atoms with E-state index in [2.05, 4.69) is 4.98 Å². The highest BCUT2D eigenvalue weighted by molar-refractivity contribution is 7.16. The van der Waals surface area contributed by atoms with Crippen molar-refractivity contribution in [2.45, 2.75) is 19.1 Å². The number of anilines is 1. The molecule has 0 saturated carbocycles. The molecule has 168 valence electrons. The number of hydrogen-bond acceptors (Lipinski definition) is 8. The molecule has 2 aromatic heterocycles. The van der Waals surface area contributed by atoms with E-state index in [1.165, 1.54) is 22.2 Å². The number of alkyl halides is 3. The van der Waals surface area contributed by atoms with Gasteiger partial charge in [-0.25, -0.2) is 4.98 Å². The molecule has 1 amide bonds. The van der Waals surface area contributed by atoms with Crippen molar-refractivity contribution in [2.75, 3.05) is 11.9 Å². The number of carbonyl (C=O) groups is 2. The van der Waals surface area contributed by atoms with Gasteiger partial charge in [-0.1, -0.05) is 0 Å². The molecule has 0 atom stereocenters. The standard InChI is InChI=1S/C18H13F3N4O6S/c19-18(20,21)12-7-10(25(29)30)1-2-13(12)23-14(26)8-31-15(27)3-5-24-9-22-16-11(17(24)28)4-6-32-16/h1-2,4,6-7,9H,3,5,8H2,(H,23,26). The first-order chi connectivity index (χ1) is 15.1. The summed E-state index contributed by atoms with van der Waals surface area (Å²) in [4.78, 5) is 50.3. The second kappa shape index (κ2) is 9.13. The number of hydrogen-bond donors (Lipinski definition) is 1. The van der Waals surface area contributed by atoms with Gasteiger partial charge in [0, 0.05) is 18.7 Å². The molecule has 0 fully saturated rings. The van der Waals surface area contributed by atoms with Crippen molar-refractivity contribution < 1.29 is 32.4 Å². The molecule has 0 unspecified atom stereocenters. The van der Waals surface area contributed by atoms with Crippen LogP contribution in [-0.2, 0) is 27.0 Å². The maximum Gasteiger partial charge on any atom is 0.418 e. The fourth-order valence-electron chi connectivity index (χ4n) is 2.66. The second-order valence-corrected chi connectivity index (χ2v) is 7.22. The minimum absolute atomic E-state index is 0.0708. The second-order valence-electron chi connectivity index (χ2n) is 6.33. The first-order valence-corrected chi connectivity index (χ1v) is 9.68. The van der Waals surface area contributed by atoms with Crippen molar-refractivity contribution in [3.63, 3.8) is 0 Å². The van der Waals surface area contributed by atoms with E-state index in [1.54, 1.807) is 11.4 Å². The summed E-state index contributed by atoms with van der Waals surface area (Å²) in [6.45, 7) is -0.956. The van der Waals surface area contributed by atoms with Crippen LogP contribution in [0.5, 0.6) is 0 Å². The first kappa shape index (κ1) is 22.9. The summed E-state index contributed by atoms with van der Waals surface area (Å²) in [7, 11) is 0. The van der Waals surface area contributed by atoms with Crippen LogP contribution < -0.4 is 10.9 Å². The predicted octanol–water partition coefficient (Wildman–Crippen LogP) is 2.96. The maximum atomic E-state index is 13.1. The highest BCUT2D eigenvalue weighted by atomic mass is 32.1. The Morgan fingerprint density at radius 1 is 1.28 bits per heavy atom. The SMILES string of the molecule is O=C(COC(=O)CCn1cnc2sccc2c1=O)Nc1ccc([N+](=O)[O-])cc1C(F)(F)F. The molecule has 2 heterocycles. The zero-order chi connectivity index (χ0) is 23.5.